The van der Waals surface area contributed by atoms with E-state index in [0.717, 1.165) is 26.9 Å². The molecule has 3 rings (SSSR count). The molecule has 0 saturated heterocycles. The Morgan fingerprint density at radius 1 is 1.30 bits per heavy atom. The van der Waals surface area contributed by atoms with Gasteiger partial charge in [-0.3, -0.25) is 10.8 Å². The number of hydrazine groups is 1. The van der Waals surface area contributed by atoms with Crippen molar-refractivity contribution in [3.63, 3.8) is 0 Å². The largest absolute Gasteiger partial charge is 0.459 e. The molecular formula is C15H14BrN3O. The normalized spacial score (nSPS) is 12.8. The Morgan fingerprint density at radius 2 is 2.15 bits per heavy atom. The number of aromatic nitrogens is 1. The highest BCUT2D eigenvalue weighted by molar-refractivity contribution is 9.10. The Balaban J connectivity index is 2.10. The summed E-state index contributed by atoms with van der Waals surface area (Å²) in [6.07, 6.45) is 1.73. The number of benzene rings is 1. The number of nitrogens with zero attached hydrogens (tertiary/aromatic N) is 1. The molecule has 3 N–H and O–H groups in total. The van der Waals surface area contributed by atoms with Gasteiger partial charge in [-0.25, -0.2) is 5.43 Å². The third kappa shape index (κ3) is 2.35. The first kappa shape index (κ1) is 13.3. The molecule has 1 atom stereocenters. The Morgan fingerprint density at radius 3 is 2.90 bits per heavy atom. The van der Waals surface area contributed by atoms with Gasteiger partial charge < -0.3 is 4.42 Å². The summed E-state index contributed by atoms with van der Waals surface area (Å²) in [5, 5.41) is 1.06. The van der Waals surface area contributed by atoms with Gasteiger partial charge in [-0.2, -0.15) is 0 Å². The molecule has 3 aromatic rings. The van der Waals surface area contributed by atoms with Crippen molar-refractivity contribution in [2.75, 3.05) is 0 Å². The molecule has 0 fully saturated rings. The summed E-state index contributed by atoms with van der Waals surface area (Å²) in [6, 6.07) is 11.6. The van der Waals surface area contributed by atoms with E-state index in [2.05, 4.69) is 39.3 Å². The van der Waals surface area contributed by atoms with Crippen LogP contribution in [0, 0.1) is 6.92 Å². The molecule has 0 bridgehead atoms. The lowest BCUT2D eigenvalue weighted by molar-refractivity contribution is 0.470. The third-order valence-corrected chi connectivity index (χ3v) is 3.87. The molecule has 0 spiro atoms. The van der Waals surface area contributed by atoms with Gasteiger partial charge in [-0.1, -0.05) is 11.6 Å². The highest BCUT2D eigenvalue weighted by atomic mass is 79.9. The van der Waals surface area contributed by atoms with Crippen LogP contribution in [-0.2, 0) is 0 Å². The summed E-state index contributed by atoms with van der Waals surface area (Å²) in [5.74, 6) is 6.43. The molecule has 1 unspecified atom stereocenters. The molecular weight excluding hydrogens is 318 g/mol. The highest BCUT2D eigenvalue weighted by Crippen LogP contribution is 2.30. The SMILES string of the molecule is Cc1ccc2oc(C(NN)c3ncccc3Br)cc2c1. The van der Waals surface area contributed by atoms with Crippen LogP contribution in [0.4, 0.5) is 0 Å². The molecule has 5 heteroatoms. The first-order chi connectivity index (χ1) is 9.69. The predicted octanol–water partition coefficient (Wildman–Crippen LogP) is 3.45. The fourth-order valence-corrected chi connectivity index (χ4v) is 2.72. The monoisotopic (exact) mass is 331 g/mol. The topological polar surface area (TPSA) is 64.1 Å². The van der Waals surface area contributed by atoms with Crippen LogP contribution in [0.25, 0.3) is 11.0 Å². The fourth-order valence-electron chi connectivity index (χ4n) is 2.23. The maximum absolute atomic E-state index is 5.88. The van der Waals surface area contributed by atoms with Crippen molar-refractivity contribution < 1.29 is 4.42 Å². The van der Waals surface area contributed by atoms with Crippen molar-refractivity contribution in [1.29, 1.82) is 0 Å². The molecule has 0 aliphatic rings. The lowest BCUT2D eigenvalue weighted by atomic mass is 10.1. The van der Waals surface area contributed by atoms with Crippen LogP contribution in [0.15, 0.2) is 51.5 Å². The number of hydrogen-bond acceptors (Lipinski definition) is 4. The third-order valence-electron chi connectivity index (χ3n) is 3.20. The van der Waals surface area contributed by atoms with Crippen LogP contribution in [0.5, 0.6) is 0 Å². The second-order valence-corrected chi connectivity index (χ2v) is 5.51. The smallest absolute Gasteiger partial charge is 0.134 e. The quantitative estimate of drug-likeness (QED) is 0.570. The van der Waals surface area contributed by atoms with Crippen molar-refractivity contribution in [3.05, 3.63) is 64.1 Å². The van der Waals surface area contributed by atoms with Gasteiger partial charge in [0.1, 0.15) is 17.4 Å². The standard InChI is InChI=1S/C15H14BrN3O/c1-9-4-5-12-10(7-9)8-13(20-12)15(19-17)14-11(16)3-2-6-18-14/h2-8,15,19H,17H2,1H3. The molecule has 2 heterocycles. The summed E-state index contributed by atoms with van der Waals surface area (Å²) < 4.78 is 6.77. The first-order valence-electron chi connectivity index (χ1n) is 6.25. The van der Waals surface area contributed by atoms with E-state index in [4.69, 9.17) is 10.3 Å². The minimum Gasteiger partial charge on any atom is -0.459 e. The van der Waals surface area contributed by atoms with Gasteiger partial charge in [0.25, 0.3) is 0 Å². The maximum atomic E-state index is 5.88. The summed E-state index contributed by atoms with van der Waals surface area (Å²) in [7, 11) is 0. The van der Waals surface area contributed by atoms with Crippen LogP contribution in [-0.4, -0.2) is 4.98 Å². The highest BCUT2D eigenvalue weighted by Gasteiger charge is 2.20. The van der Waals surface area contributed by atoms with Crippen LogP contribution in [0.1, 0.15) is 23.1 Å². The lowest BCUT2D eigenvalue weighted by Gasteiger charge is -2.13. The molecule has 1 aromatic carbocycles. The van der Waals surface area contributed by atoms with Crippen molar-refractivity contribution >= 4 is 26.9 Å². The molecule has 0 radical (unpaired) electrons. The van der Waals surface area contributed by atoms with Crippen LogP contribution < -0.4 is 11.3 Å². The van der Waals surface area contributed by atoms with Gasteiger partial charge in [0.15, 0.2) is 0 Å². The van der Waals surface area contributed by atoms with Crippen molar-refractivity contribution in [3.8, 4) is 0 Å². The fraction of sp³-hybridized carbons (Fsp3) is 0.133. The summed E-state index contributed by atoms with van der Waals surface area (Å²) in [4.78, 5) is 4.36. The van der Waals surface area contributed by atoms with Crippen LogP contribution in [0.2, 0.25) is 0 Å². The summed E-state index contributed by atoms with van der Waals surface area (Å²) in [6.45, 7) is 2.06. The van der Waals surface area contributed by atoms with Gasteiger partial charge >= 0.3 is 0 Å². The van der Waals surface area contributed by atoms with Gasteiger partial charge in [-0.05, 0) is 53.2 Å². The second-order valence-electron chi connectivity index (χ2n) is 4.66. The number of halogens is 1. The number of nitrogens with one attached hydrogen (secondary N) is 1. The second kappa shape index (κ2) is 5.36. The number of nitrogens with two attached hydrogens (primary N) is 1. The zero-order valence-corrected chi connectivity index (χ0v) is 12.5. The zero-order valence-electron chi connectivity index (χ0n) is 10.9. The number of rotatable bonds is 3. The number of furan rings is 1. The van der Waals surface area contributed by atoms with Crippen LogP contribution >= 0.6 is 15.9 Å². The number of fused-ring (bicyclic) bond motifs is 1. The lowest BCUT2D eigenvalue weighted by Crippen LogP contribution is -2.29. The van der Waals surface area contributed by atoms with Crippen LogP contribution in [0.3, 0.4) is 0 Å². The van der Waals surface area contributed by atoms with E-state index in [0.29, 0.717) is 0 Å². The van der Waals surface area contributed by atoms with Gasteiger partial charge in [-0.15, -0.1) is 0 Å². The van der Waals surface area contributed by atoms with Gasteiger partial charge in [0.2, 0.25) is 0 Å². The van der Waals surface area contributed by atoms with E-state index in [1.54, 1.807) is 6.20 Å². The Labute approximate surface area is 125 Å². The number of hydrogen-bond donors (Lipinski definition) is 2. The molecule has 0 aliphatic carbocycles. The Hall–Kier alpha value is -1.69. The van der Waals surface area contributed by atoms with E-state index < -0.39 is 0 Å². The van der Waals surface area contributed by atoms with Crippen molar-refractivity contribution in [2.24, 2.45) is 5.84 Å². The molecule has 0 saturated carbocycles. The number of aryl methyl sites for hydroxylation is 1. The number of pyridine rings is 1. The average Bonchev–Trinajstić information content (AvgIpc) is 2.84. The Bertz CT molecular complexity index is 754. The summed E-state index contributed by atoms with van der Waals surface area (Å²) >= 11 is 3.49. The van der Waals surface area contributed by atoms with Crippen molar-refractivity contribution in [2.45, 2.75) is 13.0 Å². The van der Waals surface area contributed by atoms with E-state index in [1.807, 2.05) is 30.3 Å². The Kier molecular flexibility index (Phi) is 3.56. The minimum atomic E-state index is -0.293. The molecule has 4 nitrogen and oxygen atoms in total. The predicted molar refractivity (Wildman–Crippen MR) is 82.1 cm³/mol. The van der Waals surface area contributed by atoms with Gasteiger partial charge in [0, 0.05) is 16.1 Å². The minimum absolute atomic E-state index is 0.293. The van der Waals surface area contributed by atoms with E-state index in [-0.39, 0.29) is 6.04 Å². The van der Waals surface area contributed by atoms with Crippen molar-refractivity contribution in [1.82, 2.24) is 10.4 Å². The molecule has 0 aliphatic heterocycles. The molecule has 0 amide bonds. The van der Waals surface area contributed by atoms with E-state index >= 15 is 0 Å². The average molecular weight is 332 g/mol. The zero-order chi connectivity index (χ0) is 14.1. The van der Waals surface area contributed by atoms with Gasteiger partial charge in [0.05, 0.1) is 5.69 Å². The van der Waals surface area contributed by atoms with E-state index in [9.17, 15) is 0 Å². The van der Waals surface area contributed by atoms with E-state index in [1.165, 1.54) is 5.56 Å². The molecule has 2 aromatic heterocycles. The maximum Gasteiger partial charge on any atom is 0.134 e. The molecule has 102 valence electrons. The molecule has 20 heavy (non-hydrogen) atoms. The summed E-state index contributed by atoms with van der Waals surface area (Å²) in [5.41, 5.74) is 5.60. The first-order valence-corrected chi connectivity index (χ1v) is 7.05.